The number of hydrogen-bond donors (Lipinski definition) is 0. The maximum absolute atomic E-state index is 10.3. The van der Waals surface area contributed by atoms with Crippen LogP contribution in [0.3, 0.4) is 0 Å². The first-order chi connectivity index (χ1) is 8.79. The van der Waals surface area contributed by atoms with Crippen LogP contribution in [0.1, 0.15) is 64.8 Å². The molecule has 0 amide bonds. The molecule has 0 aliphatic carbocycles. The van der Waals surface area contributed by atoms with E-state index in [1.165, 1.54) is 6.92 Å². The minimum absolute atomic E-state index is 0. The van der Waals surface area contributed by atoms with Crippen molar-refractivity contribution in [2.75, 3.05) is 0 Å². The monoisotopic (exact) mass is 412 g/mol. The van der Waals surface area contributed by atoms with Gasteiger partial charge in [0.05, 0.1) is 6.42 Å². The van der Waals surface area contributed by atoms with E-state index in [1.807, 2.05) is 6.92 Å². The van der Waals surface area contributed by atoms with Crippen LogP contribution in [0.15, 0.2) is 25.3 Å². The average molecular weight is 413 g/mol. The third-order valence-electron chi connectivity index (χ3n) is 1.26. The van der Waals surface area contributed by atoms with Gasteiger partial charge in [-0.1, -0.05) is 57.2 Å². The molecule has 0 unspecified atom stereocenters. The molecule has 0 radical (unpaired) electrons. The SMILES string of the molecule is C.C.C.C.C.C.C=CC.C=CC(=O)CC(C)=O.C[Si](C)(C)O[Si](C)(C)C. The lowest BCUT2D eigenvalue weighted by Gasteiger charge is -2.27. The van der Waals surface area contributed by atoms with E-state index >= 15 is 0 Å². The summed E-state index contributed by atoms with van der Waals surface area (Å²) in [5.41, 5.74) is 0. The summed E-state index contributed by atoms with van der Waals surface area (Å²) in [4.78, 5) is 20.4. The van der Waals surface area contributed by atoms with Crippen LogP contribution < -0.4 is 0 Å². The van der Waals surface area contributed by atoms with Gasteiger partial charge in [0, 0.05) is 0 Å². The molecule has 0 N–H and O–H groups in total. The maximum atomic E-state index is 10.3. The summed E-state index contributed by atoms with van der Waals surface area (Å²) >= 11 is 0. The first-order valence-electron chi connectivity index (χ1n) is 6.71. The van der Waals surface area contributed by atoms with E-state index < -0.39 is 16.6 Å². The predicted octanol–water partition coefficient (Wildman–Crippen LogP) is 8.40. The van der Waals surface area contributed by atoms with Crippen LogP contribution in [0.25, 0.3) is 0 Å². The zero-order valence-corrected chi connectivity index (χ0v) is 16.5. The van der Waals surface area contributed by atoms with Crippen molar-refractivity contribution >= 4 is 28.2 Å². The molecule has 0 bridgehead atoms. The first-order valence-corrected chi connectivity index (χ1v) is 13.5. The normalized spacial score (nSPS) is 7.85. The van der Waals surface area contributed by atoms with Gasteiger partial charge in [-0.3, -0.25) is 9.59 Å². The Morgan fingerprint density at radius 2 is 1.04 bits per heavy atom. The molecule has 0 rings (SSSR count). The van der Waals surface area contributed by atoms with E-state index in [1.54, 1.807) is 6.08 Å². The summed E-state index contributed by atoms with van der Waals surface area (Å²) < 4.78 is 5.90. The topological polar surface area (TPSA) is 43.4 Å². The van der Waals surface area contributed by atoms with Crippen LogP contribution in [-0.4, -0.2) is 28.2 Å². The third kappa shape index (κ3) is 91.1. The summed E-state index contributed by atoms with van der Waals surface area (Å²) in [5, 5.41) is 0. The van der Waals surface area contributed by atoms with Gasteiger partial charge in [-0.15, -0.1) is 6.58 Å². The van der Waals surface area contributed by atoms with Crippen molar-refractivity contribution in [3.63, 3.8) is 0 Å². The van der Waals surface area contributed by atoms with Crippen LogP contribution in [0, 0.1) is 0 Å². The lowest BCUT2D eigenvalue weighted by atomic mass is 10.2. The largest absolute Gasteiger partial charge is 0.456 e. The van der Waals surface area contributed by atoms with Crippen LogP contribution in [0.5, 0.6) is 0 Å². The maximum Gasteiger partial charge on any atom is 0.170 e. The van der Waals surface area contributed by atoms with E-state index in [-0.39, 0.29) is 62.5 Å². The Labute approximate surface area is 171 Å². The highest BCUT2D eigenvalue weighted by Gasteiger charge is 2.24. The quantitative estimate of drug-likeness (QED) is 0.197. The van der Waals surface area contributed by atoms with Gasteiger partial charge in [-0.05, 0) is 59.2 Å². The van der Waals surface area contributed by atoms with Crippen molar-refractivity contribution in [3.8, 4) is 0 Å². The van der Waals surface area contributed by atoms with Crippen LogP contribution in [0.4, 0.5) is 0 Å². The second-order valence-electron chi connectivity index (χ2n) is 6.28. The van der Waals surface area contributed by atoms with E-state index in [0.717, 1.165) is 6.08 Å². The number of carbonyl (C=O) groups excluding carboxylic acids is 2. The Morgan fingerprint density at radius 1 is 0.808 bits per heavy atom. The molecule has 3 nitrogen and oxygen atoms in total. The number of rotatable bonds is 5. The molecule has 166 valence electrons. The molecule has 0 aliphatic rings. The minimum atomic E-state index is -1.23. The van der Waals surface area contributed by atoms with Crippen molar-refractivity contribution in [1.82, 2.24) is 0 Å². The molecule has 0 heterocycles. The number of carbonyl (C=O) groups is 2. The Hall–Kier alpha value is -0.786. The van der Waals surface area contributed by atoms with Crippen molar-refractivity contribution < 1.29 is 13.7 Å². The van der Waals surface area contributed by atoms with E-state index in [0.29, 0.717) is 0 Å². The van der Waals surface area contributed by atoms with Gasteiger partial charge in [-0.2, -0.15) is 0 Å². The standard InChI is InChI=1S/C6H8O2.C6H18OSi2.C3H6.6CH4/c1-3-6(8)4-5(2)7;1-8(2,3)7-9(4,5)6;1-3-2;;;;;;/h3H,1,4H2,2H3;1-6H3;3H,1H2,2H3;6*1H4. The lowest BCUT2D eigenvalue weighted by molar-refractivity contribution is -0.123. The van der Waals surface area contributed by atoms with Crippen LogP contribution in [-0.2, 0) is 13.7 Å². The van der Waals surface area contributed by atoms with Gasteiger partial charge in [0.1, 0.15) is 5.78 Å². The Morgan fingerprint density at radius 3 is 1.08 bits per heavy atom. The summed E-state index contributed by atoms with van der Waals surface area (Å²) in [7, 11) is -2.46. The molecule has 0 aliphatic heterocycles. The molecule has 0 saturated carbocycles. The molecule has 0 aromatic heterocycles. The number of ketones is 2. The summed E-state index contributed by atoms with van der Waals surface area (Å²) in [6, 6.07) is 0. The molecule has 0 aromatic rings. The second kappa shape index (κ2) is 29.0. The van der Waals surface area contributed by atoms with Crippen molar-refractivity contribution in [1.29, 1.82) is 0 Å². The smallest absolute Gasteiger partial charge is 0.170 e. The summed E-state index contributed by atoms with van der Waals surface area (Å²) in [5.74, 6) is -0.326. The molecule has 0 saturated heterocycles. The fraction of sp³-hybridized carbons (Fsp3) is 0.714. The molecule has 0 aromatic carbocycles. The van der Waals surface area contributed by atoms with Gasteiger partial charge in [0.25, 0.3) is 0 Å². The van der Waals surface area contributed by atoms with Gasteiger partial charge < -0.3 is 4.12 Å². The van der Waals surface area contributed by atoms with E-state index in [2.05, 4.69) is 52.4 Å². The third-order valence-corrected chi connectivity index (χ3v) is 6.16. The Bertz CT molecular complexity index is 300. The van der Waals surface area contributed by atoms with Gasteiger partial charge in [-0.25, -0.2) is 0 Å². The molecular weight excluding hydrogens is 356 g/mol. The fourth-order valence-electron chi connectivity index (χ4n) is 1.24. The van der Waals surface area contributed by atoms with Gasteiger partial charge in [0.2, 0.25) is 0 Å². The predicted molar refractivity (Wildman–Crippen MR) is 135 cm³/mol. The lowest BCUT2D eigenvalue weighted by Crippen LogP contribution is -2.39. The highest BCUT2D eigenvalue weighted by Crippen LogP contribution is 2.12. The van der Waals surface area contributed by atoms with Crippen molar-refractivity contribution in [2.45, 2.75) is 104 Å². The zero-order chi connectivity index (χ0) is 17.0. The fourth-order valence-corrected chi connectivity index (χ4v) is 8.58. The highest BCUT2D eigenvalue weighted by molar-refractivity contribution is 6.83. The molecule has 0 spiro atoms. The number of Topliss-reactive ketones (excluding diaryl/α,β-unsaturated/α-hetero) is 1. The second-order valence-corrected chi connectivity index (χ2v) is 15.6. The Balaban J connectivity index is -0.0000000230. The summed E-state index contributed by atoms with van der Waals surface area (Å²) in [6.07, 6.45) is 2.89. The molecular formula is C21H56O3Si2. The summed E-state index contributed by atoms with van der Waals surface area (Å²) in [6.45, 7) is 23.3. The molecule has 5 heteroatoms. The van der Waals surface area contributed by atoms with Crippen LogP contribution in [0.2, 0.25) is 39.3 Å². The van der Waals surface area contributed by atoms with Crippen LogP contribution >= 0.6 is 0 Å². The van der Waals surface area contributed by atoms with Crippen molar-refractivity contribution in [3.05, 3.63) is 25.3 Å². The molecule has 0 atom stereocenters. The number of hydrogen-bond acceptors (Lipinski definition) is 3. The molecule has 0 fully saturated rings. The van der Waals surface area contributed by atoms with Gasteiger partial charge in [0.15, 0.2) is 22.4 Å². The van der Waals surface area contributed by atoms with E-state index in [9.17, 15) is 9.59 Å². The number of allylic oxidation sites excluding steroid dienone is 2. The minimum Gasteiger partial charge on any atom is -0.456 e. The molecule has 26 heavy (non-hydrogen) atoms. The Kier molecular flexibility index (Phi) is 62.7. The van der Waals surface area contributed by atoms with Gasteiger partial charge >= 0.3 is 0 Å². The van der Waals surface area contributed by atoms with Crippen molar-refractivity contribution in [2.24, 2.45) is 0 Å². The average Bonchev–Trinajstić information content (AvgIpc) is 2.12. The zero-order valence-electron chi connectivity index (χ0n) is 14.5. The van der Waals surface area contributed by atoms with E-state index in [4.69, 9.17) is 4.12 Å². The first kappa shape index (κ1) is 56.2. The highest BCUT2D eigenvalue weighted by atomic mass is 28.4.